The maximum absolute atomic E-state index is 13.6. The molecule has 9 heteroatoms. The van der Waals surface area contributed by atoms with Crippen molar-refractivity contribution in [2.24, 2.45) is 5.92 Å². The number of aryl methyl sites for hydroxylation is 1. The van der Waals surface area contributed by atoms with Crippen LogP contribution < -0.4 is 4.74 Å². The smallest absolute Gasteiger partial charge is 0.275 e. The maximum Gasteiger partial charge on any atom is 0.275 e. The van der Waals surface area contributed by atoms with E-state index in [-0.39, 0.29) is 11.9 Å². The molecule has 0 radical (unpaired) electrons. The molecule has 0 aliphatic carbocycles. The molecule has 0 spiro atoms. The fourth-order valence-electron chi connectivity index (χ4n) is 3.85. The molecule has 2 atom stereocenters. The van der Waals surface area contributed by atoms with Gasteiger partial charge in [0, 0.05) is 30.8 Å². The number of hydrogen-bond donors (Lipinski definition) is 0. The lowest BCUT2D eigenvalue weighted by atomic mass is 9.92. The molecule has 31 heavy (non-hydrogen) atoms. The standard InChI is InChI=1S/C22H25FN6O2/c1-15-3-6-18(9-12-31-20-8-5-17(23)13-24-20)28(14-15)22(30)21-19(7-4-16(2)27-21)29-25-10-11-26-29/h4-5,7-8,10-11,13,15,18H,3,6,9,12,14H2,1-2H3/t15-,18-/m0/s1. The van der Waals surface area contributed by atoms with Crippen LogP contribution in [-0.2, 0) is 0 Å². The van der Waals surface area contributed by atoms with Crippen molar-refractivity contribution in [2.75, 3.05) is 13.2 Å². The van der Waals surface area contributed by atoms with Crippen molar-refractivity contribution in [2.45, 2.75) is 39.2 Å². The summed E-state index contributed by atoms with van der Waals surface area (Å²) >= 11 is 0. The van der Waals surface area contributed by atoms with Gasteiger partial charge in [0.25, 0.3) is 5.91 Å². The molecule has 0 unspecified atom stereocenters. The van der Waals surface area contributed by atoms with Gasteiger partial charge in [-0.3, -0.25) is 4.79 Å². The van der Waals surface area contributed by atoms with E-state index in [0.717, 1.165) is 24.7 Å². The molecule has 8 nitrogen and oxygen atoms in total. The Bertz CT molecular complexity index is 1020. The zero-order valence-electron chi connectivity index (χ0n) is 17.6. The van der Waals surface area contributed by atoms with Crippen molar-refractivity contribution >= 4 is 5.91 Å². The summed E-state index contributed by atoms with van der Waals surface area (Å²) in [4.78, 5) is 25.4. The first kappa shape index (κ1) is 20.9. The molecule has 1 aliphatic heterocycles. The van der Waals surface area contributed by atoms with Crippen LogP contribution in [-0.4, -0.2) is 55.0 Å². The third-order valence-electron chi connectivity index (χ3n) is 5.45. The first-order chi connectivity index (χ1) is 15.0. The Kier molecular flexibility index (Phi) is 6.20. The van der Waals surface area contributed by atoms with E-state index in [0.29, 0.717) is 42.8 Å². The Morgan fingerprint density at radius 3 is 2.74 bits per heavy atom. The Morgan fingerprint density at radius 1 is 1.19 bits per heavy atom. The second kappa shape index (κ2) is 9.20. The van der Waals surface area contributed by atoms with Crippen LogP contribution in [0.15, 0.2) is 42.9 Å². The van der Waals surface area contributed by atoms with Crippen molar-refractivity contribution in [1.29, 1.82) is 0 Å². The number of rotatable bonds is 6. The first-order valence-corrected chi connectivity index (χ1v) is 10.4. The van der Waals surface area contributed by atoms with Gasteiger partial charge in [0.15, 0.2) is 5.69 Å². The van der Waals surface area contributed by atoms with Gasteiger partial charge in [-0.2, -0.15) is 10.2 Å². The van der Waals surface area contributed by atoms with E-state index in [1.807, 2.05) is 24.0 Å². The van der Waals surface area contributed by atoms with Gasteiger partial charge in [0.1, 0.15) is 11.5 Å². The van der Waals surface area contributed by atoms with Crippen molar-refractivity contribution in [3.05, 3.63) is 60.1 Å². The summed E-state index contributed by atoms with van der Waals surface area (Å²) in [6.07, 6.45) is 6.84. The summed E-state index contributed by atoms with van der Waals surface area (Å²) in [7, 11) is 0. The zero-order chi connectivity index (χ0) is 21.8. The first-order valence-electron chi connectivity index (χ1n) is 10.4. The average molecular weight is 424 g/mol. The number of carbonyl (C=O) groups excluding carboxylic acids is 1. The summed E-state index contributed by atoms with van der Waals surface area (Å²) in [6.45, 7) is 5.04. The van der Waals surface area contributed by atoms with Crippen LogP contribution in [0.2, 0.25) is 0 Å². The molecule has 3 aromatic rings. The third kappa shape index (κ3) is 4.87. The zero-order valence-corrected chi connectivity index (χ0v) is 17.6. The highest BCUT2D eigenvalue weighted by Crippen LogP contribution is 2.27. The second-order valence-corrected chi connectivity index (χ2v) is 7.88. The number of hydrogen-bond acceptors (Lipinski definition) is 6. The summed E-state index contributed by atoms with van der Waals surface area (Å²) in [6, 6.07) is 6.50. The van der Waals surface area contributed by atoms with Crippen LogP contribution in [0, 0.1) is 18.7 Å². The van der Waals surface area contributed by atoms with Crippen molar-refractivity contribution in [1.82, 2.24) is 29.9 Å². The monoisotopic (exact) mass is 424 g/mol. The quantitative estimate of drug-likeness (QED) is 0.604. The van der Waals surface area contributed by atoms with Crippen LogP contribution in [0.1, 0.15) is 42.4 Å². The number of amides is 1. The Balaban J connectivity index is 1.52. The van der Waals surface area contributed by atoms with Gasteiger partial charge in [0.2, 0.25) is 5.88 Å². The van der Waals surface area contributed by atoms with Gasteiger partial charge in [-0.05, 0) is 43.9 Å². The molecule has 3 aromatic heterocycles. The highest BCUT2D eigenvalue weighted by Gasteiger charge is 2.32. The fourth-order valence-corrected chi connectivity index (χ4v) is 3.85. The third-order valence-corrected chi connectivity index (χ3v) is 5.45. The molecule has 1 amide bonds. The highest BCUT2D eigenvalue weighted by molar-refractivity contribution is 5.96. The number of nitrogens with zero attached hydrogens (tertiary/aromatic N) is 6. The number of piperidine rings is 1. The number of carbonyl (C=O) groups is 1. The van der Waals surface area contributed by atoms with Crippen molar-refractivity contribution in [3.8, 4) is 11.6 Å². The second-order valence-electron chi connectivity index (χ2n) is 7.88. The summed E-state index contributed by atoms with van der Waals surface area (Å²) in [5.74, 6) is 0.234. The van der Waals surface area contributed by atoms with Crippen LogP contribution >= 0.6 is 0 Å². The van der Waals surface area contributed by atoms with Gasteiger partial charge >= 0.3 is 0 Å². The van der Waals surface area contributed by atoms with Gasteiger partial charge < -0.3 is 9.64 Å². The van der Waals surface area contributed by atoms with E-state index < -0.39 is 5.82 Å². The molecule has 4 rings (SSSR count). The van der Waals surface area contributed by atoms with E-state index in [1.165, 1.54) is 16.9 Å². The number of pyridine rings is 2. The van der Waals surface area contributed by atoms with Crippen LogP contribution in [0.3, 0.4) is 0 Å². The number of ether oxygens (including phenoxy) is 1. The molecular weight excluding hydrogens is 399 g/mol. The minimum absolute atomic E-state index is 0.0184. The predicted molar refractivity (Wildman–Crippen MR) is 111 cm³/mol. The lowest BCUT2D eigenvalue weighted by molar-refractivity contribution is 0.0500. The number of halogens is 1. The van der Waals surface area contributed by atoms with E-state index in [9.17, 15) is 9.18 Å². The maximum atomic E-state index is 13.6. The minimum Gasteiger partial charge on any atom is -0.478 e. The van der Waals surface area contributed by atoms with E-state index >= 15 is 0 Å². The normalized spacial score (nSPS) is 18.7. The number of likely N-dealkylation sites (tertiary alicyclic amines) is 1. The molecule has 0 aromatic carbocycles. The number of aromatic nitrogens is 5. The van der Waals surface area contributed by atoms with Crippen molar-refractivity contribution in [3.63, 3.8) is 0 Å². The molecule has 0 N–H and O–H groups in total. The Hall–Kier alpha value is -3.36. The minimum atomic E-state index is -0.404. The molecule has 0 bridgehead atoms. The van der Waals surface area contributed by atoms with E-state index in [1.54, 1.807) is 12.4 Å². The van der Waals surface area contributed by atoms with Crippen molar-refractivity contribution < 1.29 is 13.9 Å². The lowest BCUT2D eigenvalue weighted by Crippen LogP contribution is -2.47. The van der Waals surface area contributed by atoms with Gasteiger partial charge in [-0.25, -0.2) is 14.4 Å². The van der Waals surface area contributed by atoms with Crippen LogP contribution in [0.4, 0.5) is 4.39 Å². The topological polar surface area (TPSA) is 86.0 Å². The SMILES string of the molecule is Cc1ccc(-n2nccn2)c(C(=O)N2C[C@@H](C)CC[C@H]2CCOc2ccc(F)cn2)n1. The molecular formula is C22H25FN6O2. The summed E-state index contributed by atoms with van der Waals surface area (Å²) < 4.78 is 18.7. The van der Waals surface area contributed by atoms with Gasteiger partial charge in [-0.15, -0.1) is 4.80 Å². The van der Waals surface area contributed by atoms with Gasteiger partial charge in [0.05, 0.1) is 25.2 Å². The summed E-state index contributed by atoms with van der Waals surface area (Å²) in [5.41, 5.74) is 1.66. The molecule has 1 fully saturated rings. The molecule has 0 saturated carbocycles. The summed E-state index contributed by atoms with van der Waals surface area (Å²) in [5, 5.41) is 8.34. The van der Waals surface area contributed by atoms with Gasteiger partial charge in [-0.1, -0.05) is 6.92 Å². The molecule has 4 heterocycles. The molecule has 1 saturated heterocycles. The van der Waals surface area contributed by atoms with E-state index in [2.05, 4.69) is 27.1 Å². The Labute approximate surface area is 180 Å². The largest absolute Gasteiger partial charge is 0.478 e. The fraction of sp³-hybridized carbons (Fsp3) is 0.409. The van der Waals surface area contributed by atoms with E-state index in [4.69, 9.17) is 4.74 Å². The lowest BCUT2D eigenvalue weighted by Gasteiger charge is -2.38. The van der Waals surface area contributed by atoms with Crippen LogP contribution in [0.5, 0.6) is 5.88 Å². The van der Waals surface area contributed by atoms with Crippen LogP contribution in [0.25, 0.3) is 5.69 Å². The predicted octanol–water partition coefficient (Wildman–Crippen LogP) is 3.21. The molecule has 162 valence electrons. The molecule has 1 aliphatic rings. The Morgan fingerprint density at radius 2 is 2.00 bits per heavy atom. The average Bonchev–Trinajstić information content (AvgIpc) is 3.30. The highest BCUT2D eigenvalue weighted by atomic mass is 19.1.